The Morgan fingerprint density at radius 3 is 2.37 bits per heavy atom. The normalized spacial score (nSPS) is 11.7. The van der Waals surface area contributed by atoms with Gasteiger partial charge in [-0.1, -0.05) is 18.2 Å². The van der Waals surface area contributed by atoms with Crippen LogP contribution in [0.5, 0.6) is 23.0 Å². The third-order valence-corrected chi connectivity index (χ3v) is 5.90. The number of ether oxygens (including phenoxy) is 3. The van der Waals surface area contributed by atoms with Crippen LogP contribution < -0.4 is 14.9 Å². The Balaban J connectivity index is 1.96. The summed E-state index contributed by atoms with van der Waals surface area (Å²) in [4.78, 5) is 25.8. The molecule has 8 heteroatoms. The lowest BCUT2D eigenvalue weighted by Crippen LogP contribution is -2.13. The van der Waals surface area contributed by atoms with Gasteiger partial charge in [-0.3, -0.25) is 9.59 Å². The lowest BCUT2D eigenvalue weighted by Gasteiger charge is -2.22. The molecule has 4 rings (SSSR count). The molecule has 0 radical (unpaired) electrons. The number of fused-ring (bicyclic) bond motifs is 1. The number of carbonyl (C=O) groups excluding carboxylic acids is 1. The van der Waals surface area contributed by atoms with E-state index in [0.29, 0.717) is 28.2 Å². The van der Waals surface area contributed by atoms with E-state index in [0.717, 1.165) is 0 Å². The first kappa shape index (κ1) is 23.7. The quantitative estimate of drug-likeness (QED) is 0.372. The average Bonchev–Trinajstić information content (AvgIpc) is 2.88. The number of benzene rings is 3. The maximum absolute atomic E-state index is 13.4. The van der Waals surface area contributed by atoms with Crippen molar-refractivity contribution in [3.63, 3.8) is 0 Å². The molecule has 0 aliphatic carbocycles. The molecule has 0 spiro atoms. The first-order chi connectivity index (χ1) is 16.9. The second kappa shape index (κ2) is 9.80. The zero-order chi connectivity index (χ0) is 25.1. The van der Waals surface area contributed by atoms with Crippen molar-refractivity contribution in [3.05, 3.63) is 82.2 Å². The first-order valence-corrected chi connectivity index (χ1v) is 10.7. The lowest BCUT2D eigenvalue weighted by atomic mass is 9.85. The molecule has 0 unspecified atom stereocenters. The van der Waals surface area contributed by atoms with Gasteiger partial charge in [0, 0.05) is 23.1 Å². The van der Waals surface area contributed by atoms with Gasteiger partial charge < -0.3 is 28.8 Å². The van der Waals surface area contributed by atoms with Crippen molar-refractivity contribution in [2.45, 2.75) is 12.3 Å². The molecular formula is C27H24O8. The smallest absolute Gasteiger partial charge is 0.306 e. The van der Waals surface area contributed by atoms with E-state index >= 15 is 0 Å². The van der Waals surface area contributed by atoms with E-state index < -0.39 is 11.9 Å². The molecule has 2 N–H and O–H groups in total. The summed E-state index contributed by atoms with van der Waals surface area (Å²) >= 11 is 0. The molecular weight excluding hydrogens is 452 g/mol. The van der Waals surface area contributed by atoms with E-state index in [1.165, 1.54) is 51.9 Å². The molecule has 0 saturated heterocycles. The standard InChI is InChI=1S/C27H24O8/c1-32-17-8-9-18(23(12-17)33-2)20(13-24(30)34-3)25-22(29)11-10-19-26(31)21(14-35-27(19)25)15-4-6-16(28)7-5-15/h4-12,14,20,28-29H,13H2,1-3H3/t20-/m1/s1. The molecule has 35 heavy (non-hydrogen) atoms. The molecule has 1 heterocycles. The minimum absolute atomic E-state index is 0.0743. The van der Waals surface area contributed by atoms with Crippen molar-refractivity contribution in [1.29, 1.82) is 0 Å². The topological polar surface area (TPSA) is 115 Å². The van der Waals surface area contributed by atoms with Crippen LogP contribution in [-0.4, -0.2) is 37.5 Å². The number of carbonyl (C=O) groups is 1. The molecule has 0 amide bonds. The van der Waals surface area contributed by atoms with Crippen molar-refractivity contribution in [1.82, 2.24) is 0 Å². The number of methoxy groups -OCH3 is 3. The van der Waals surface area contributed by atoms with Crippen LogP contribution in [-0.2, 0) is 9.53 Å². The SMILES string of the molecule is COC(=O)C[C@H](c1ccc(OC)cc1OC)c1c(O)ccc2c(=O)c(-c3ccc(O)cc3)coc12. The maximum Gasteiger partial charge on any atom is 0.306 e. The van der Waals surface area contributed by atoms with Gasteiger partial charge in [-0.25, -0.2) is 0 Å². The van der Waals surface area contributed by atoms with Gasteiger partial charge in [0.25, 0.3) is 0 Å². The summed E-state index contributed by atoms with van der Waals surface area (Å²) in [6.45, 7) is 0. The number of phenolic OH excluding ortho intramolecular Hbond substituents is 2. The molecule has 3 aromatic carbocycles. The second-order valence-electron chi connectivity index (χ2n) is 7.84. The summed E-state index contributed by atoms with van der Waals surface area (Å²) in [5.41, 5.74) is 1.51. The van der Waals surface area contributed by atoms with Crippen molar-refractivity contribution in [3.8, 4) is 34.1 Å². The minimum Gasteiger partial charge on any atom is -0.508 e. The zero-order valence-electron chi connectivity index (χ0n) is 19.4. The minimum atomic E-state index is -0.755. The number of aromatic hydroxyl groups is 2. The van der Waals surface area contributed by atoms with Crippen molar-refractivity contribution >= 4 is 16.9 Å². The highest BCUT2D eigenvalue weighted by Gasteiger charge is 2.29. The predicted octanol–water partition coefficient (Wildman–Crippen LogP) is 4.58. The summed E-state index contributed by atoms with van der Waals surface area (Å²) in [5.74, 6) is -0.371. The summed E-state index contributed by atoms with van der Waals surface area (Å²) in [7, 11) is 4.29. The van der Waals surface area contributed by atoms with E-state index in [-0.39, 0.29) is 39.9 Å². The second-order valence-corrected chi connectivity index (χ2v) is 7.84. The summed E-state index contributed by atoms with van der Waals surface area (Å²) in [6, 6.07) is 14.2. The van der Waals surface area contributed by atoms with Gasteiger partial charge in [-0.2, -0.15) is 0 Å². The number of phenols is 2. The van der Waals surface area contributed by atoms with Crippen LogP contribution >= 0.6 is 0 Å². The molecule has 4 aromatic rings. The van der Waals surface area contributed by atoms with Gasteiger partial charge in [0.15, 0.2) is 0 Å². The molecule has 1 aromatic heterocycles. The largest absolute Gasteiger partial charge is 0.508 e. The zero-order valence-corrected chi connectivity index (χ0v) is 19.4. The third-order valence-electron chi connectivity index (χ3n) is 5.90. The van der Waals surface area contributed by atoms with Crippen LogP contribution in [0.25, 0.3) is 22.1 Å². The number of esters is 1. The van der Waals surface area contributed by atoms with Crippen LogP contribution in [0, 0.1) is 0 Å². The molecule has 8 nitrogen and oxygen atoms in total. The summed E-state index contributed by atoms with van der Waals surface area (Å²) in [6.07, 6.45) is 1.16. The van der Waals surface area contributed by atoms with Gasteiger partial charge in [0.1, 0.15) is 34.8 Å². The fourth-order valence-electron chi connectivity index (χ4n) is 4.11. The predicted molar refractivity (Wildman–Crippen MR) is 129 cm³/mol. The maximum atomic E-state index is 13.4. The molecule has 0 saturated carbocycles. The Labute approximate surface area is 200 Å². The van der Waals surface area contributed by atoms with E-state index in [2.05, 4.69) is 0 Å². The molecule has 0 aliphatic rings. The average molecular weight is 476 g/mol. The highest BCUT2D eigenvalue weighted by molar-refractivity contribution is 5.87. The Morgan fingerprint density at radius 2 is 1.71 bits per heavy atom. The summed E-state index contributed by atoms with van der Waals surface area (Å²) in [5, 5.41) is 20.7. The van der Waals surface area contributed by atoms with Crippen LogP contribution in [0.3, 0.4) is 0 Å². The van der Waals surface area contributed by atoms with Gasteiger partial charge in [-0.05, 0) is 35.9 Å². The molecule has 0 bridgehead atoms. The van der Waals surface area contributed by atoms with Crippen LogP contribution in [0.2, 0.25) is 0 Å². The van der Waals surface area contributed by atoms with Crippen LogP contribution in [0.4, 0.5) is 0 Å². The molecule has 0 fully saturated rings. The highest BCUT2D eigenvalue weighted by Crippen LogP contribution is 2.43. The van der Waals surface area contributed by atoms with E-state index in [1.807, 2.05) is 0 Å². The molecule has 180 valence electrons. The van der Waals surface area contributed by atoms with Crippen LogP contribution in [0.15, 0.2) is 70.1 Å². The van der Waals surface area contributed by atoms with E-state index in [4.69, 9.17) is 18.6 Å². The Hall–Kier alpha value is -4.46. The number of rotatable bonds is 7. The fourth-order valence-corrected chi connectivity index (χ4v) is 4.11. The monoisotopic (exact) mass is 476 g/mol. The van der Waals surface area contributed by atoms with Gasteiger partial charge in [0.2, 0.25) is 5.43 Å². The fraction of sp³-hybridized carbons (Fsp3) is 0.185. The van der Waals surface area contributed by atoms with Gasteiger partial charge in [0.05, 0.1) is 38.7 Å². The van der Waals surface area contributed by atoms with Crippen molar-refractivity contribution in [2.75, 3.05) is 21.3 Å². The van der Waals surface area contributed by atoms with Crippen LogP contribution in [0.1, 0.15) is 23.5 Å². The van der Waals surface area contributed by atoms with Gasteiger partial charge >= 0.3 is 5.97 Å². The van der Waals surface area contributed by atoms with E-state index in [1.54, 1.807) is 30.3 Å². The Kier molecular flexibility index (Phi) is 6.64. The third kappa shape index (κ3) is 4.50. The first-order valence-electron chi connectivity index (χ1n) is 10.7. The molecule has 1 atom stereocenters. The van der Waals surface area contributed by atoms with Crippen molar-refractivity contribution in [2.24, 2.45) is 0 Å². The van der Waals surface area contributed by atoms with E-state index in [9.17, 15) is 19.8 Å². The number of hydrogen-bond donors (Lipinski definition) is 2. The van der Waals surface area contributed by atoms with Gasteiger partial charge in [-0.15, -0.1) is 0 Å². The number of hydrogen-bond acceptors (Lipinski definition) is 8. The Bertz CT molecular complexity index is 1440. The molecule has 0 aliphatic heterocycles. The Morgan fingerprint density at radius 1 is 0.971 bits per heavy atom. The summed E-state index contributed by atoms with van der Waals surface area (Å²) < 4.78 is 21.6. The highest BCUT2D eigenvalue weighted by atomic mass is 16.5. The lowest BCUT2D eigenvalue weighted by molar-refractivity contribution is -0.140. The van der Waals surface area contributed by atoms with Crippen molar-refractivity contribution < 1.29 is 33.6 Å².